The van der Waals surface area contributed by atoms with Gasteiger partial charge in [-0.3, -0.25) is 4.90 Å². The minimum Gasteiger partial charge on any atom is -0.452 e. The van der Waals surface area contributed by atoms with Gasteiger partial charge in [-0.25, -0.2) is 9.78 Å². The fourth-order valence-corrected chi connectivity index (χ4v) is 5.65. The summed E-state index contributed by atoms with van der Waals surface area (Å²) in [6.45, 7) is 6.46. The average molecular weight is 447 g/mol. The number of piperidine rings is 1. The number of imidazole rings is 1. The predicted molar refractivity (Wildman–Crippen MR) is 132 cm³/mol. The number of nitrogens with zero attached hydrogens (tertiary/aromatic N) is 3. The largest absolute Gasteiger partial charge is 0.452 e. The lowest BCUT2D eigenvalue weighted by Crippen LogP contribution is -2.42. The number of aromatic nitrogens is 2. The number of ether oxygens (including phenoxy) is 1. The van der Waals surface area contributed by atoms with Crippen LogP contribution in [0.3, 0.4) is 0 Å². The number of fused-ring (bicyclic) bond motifs is 3. The molecule has 0 spiro atoms. The van der Waals surface area contributed by atoms with Crippen LogP contribution >= 0.6 is 0 Å². The van der Waals surface area contributed by atoms with Gasteiger partial charge in [-0.15, -0.1) is 0 Å². The van der Waals surface area contributed by atoms with E-state index in [0.717, 1.165) is 62.2 Å². The molecule has 0 bridgehead atoms. The second-order valence-corrected chi connectivity index (χ2v) is 9.57. The molecule has 0 radical (unpaired) electrons. The Kier molecular flexibility index (Phi) is 6.11. The van der Waals surface area contributed by atoms with Crippen LogP contribution in [0.25, 0.3) is 11.0 Å². The van der Waals surface area contributed by atoms with E-state index < -0.39 is 0 Å². The van der Waals surface area contributed by atoms with E-state index in [1.807, 2.05) is 0 Å². The van der Waals surface area contributed by atoms with Crippen molar-refractivity contribution in [3.63, 3.8) is 0 Å². The Bertz CT molecular complexity index is 1130. The molecule has 2 aliphatic heterocycles. The Hall–Kier alpha value is -2.86. The van der Waals surface area contributed by atoms with Crippen molar-refractivity contribution < 1.29 is 9.53 Å². The summed E-state index contributed by atoms with van der Waals surface area (Å²) < 4.78 is 7.63. The summed E-state index contributed by atoms with van der Waals surface area (Å²) in [5.41, 5.74) is 5.72. The van der Waals surface area contributed by atoms with Gasteiger partial charge >= 0.3 is 6.09 Å². The Morgan fingerprint density at radius 2 is 1.91 bits per heavy atom. The van der Waals surface area contributed by atoms with Gasteiger partial charge in [0.05, 0.1) is 23.8 Å². The molecule has 0 saturated carbocycles. The van der Waals surface area contributed by atoms with E-state index in [4.69, 9.17) is 9.72 Å². The van der Waals surface area contributed by atoms with Gasteiger partial charge in [-0.1, -0.05) is 37.3 Å². The molecule has 3 aromatic rings. The first kappa shape index (κ1) is 22.0. The highest BCUT2D eigenvalue weighted by Crippen LogP contribution is 2.39. The van der Waals surface area contributed by atoms with Crippen molar-refractivity contribution in [3.05, 3.63) is 59.4 Å². The van der Waals surface area contributed by atoms with Crippen LogP contribution in [0.5, 0.6) is 0 Å². The van der Waals surface area contributed by atoms with Crippen LogP contribution in [0.4, 0.5) is 10.5 Å². The molecule has 0 aliphatic carbocycles. The highest BCUT2D eigenvalue weighted by molar-refractivity contribution is 5.95. The SMILES string of the molecule is COC(=O)N1c2ccc3c(nc([C@H](C)Cc4ccccc4)n3C3CCNCC3)c2CC[C@@H]1C. The van der Waals surface area contributed by atoms with Gasteiger partial charge in [0.1, 0.15) is 5.82 Å². The number of nitrogens with one attached hydrogen (secondary N) is 1. The lowest BCUT2D eigenvalue weighted by Gasteiger charge is -2.34. The van der Waals surface area contributed by atoms with Crippen molar-refractivity contribution in [3.8, 4) is 0 Å². The Balaban J connectivity index is 1.63. The van der Waals surface area contributed by atoms with Crippen LogP contribution in [0.2, 0.25) is 0 Å². The van der Waals surface area contributed by atoms with E-state index in [9.17, 15) is 4.79 Å². The molecule has 1 amide bonds. The molecule has 1 saturated heterocycles. The Labute approximate surface area is 195 Å². The predicted octanol–water partition coefficient (Wildman–Crippen LogP) is 5.21. The van der Waals surface area contributed by atoms with Crippen LogP contribution < -0.4 is 10.2 Å². The highest BCUT2D eigenvalue weighted by Gasteiger charge is 2.33. The topological polar surface area (TPSA) is 59.4 Å². The van der Waals surface area contributed by atoms with Gasteiger partial charge < -0.3 is 14.6 Å². The van der Waals surface area contributed by atoms with E-state index >= 15 is 0 Å². The first-order chi connectivity index (χ1) is 16.1. The first-order valence-corrected chi connectivity index (χ1v) is 12.2. The van der Waals surface area contributed by atoms with Crippen LogP contribution in [0, 0.1) is 0 Å². The van der Waals surface area contributed by atoms with Gasteiger partial charge in [0.2, 0.25) is 0 Å². The van der Waals surface area contributed by atoms with E-state index in [-0.39, 0.29) is 12.1 Å². The molecule has 5 rings (SSSR count). The number of benzene rings is 2. The second-order valence-electron chi connectivity index (χ2n) is 9.57. The molecular formula is C27H34N4O2. The highest BCUT2D eigenvalue weighted by atomic mass is 16.5. The monoisotopic (exact) mass is 446 g/mol. The normalized spacial score (nSPS) is 20.0. The van der Waals surface area contributed by atoms with Crippen molar-refractivity contribution in [2.45, 2.75) is 64.0 Å². The van der Waals surface area contributed by atoms with Crippen molar-refractivity contribution in [2.24, 2.45) is 0 Å². The molecule has 6 nitrogen and oxygen atoms in total. The summed E-state index contributed by atoms with van der Waals surface area (Å²) in [5.74, 6) is 1.46. The van der Waals surface area contributed by atoms with Gasteiger partial charge in [0.15, 0.2) is 0 Å². The van der Waals surface area contributed by atoms with E-state index in [0.29, 0.717) is 12.0 Å². The van der Waals surface area contributed by atoms with Crippen molar-refractivity contribution >= 4 is 22.8 Å². The summed E-state index contributed by atoms with van der Waals surface area (Å²) in [7, 11) is 1.46. The standard InChI is InChI=1S/C27H34N4O2/c1-18(17-20-7-5-4-6-8-20)26-29-25-22-10-9-19(2)30(27(32)33-3)23(22)11-12-24(25)31(26)21-13-15-28-16-14-21/h4-8,11-12,18-19,21,28H,9-10,13-17H2,1-3H3/t18-,19+/m1/s1. The molecule has 0 unspecified atom stereocenters. The first-order valence-electron chi connectivity index (χ1n) is 12.2. The number of anilines is 1. The summed E-state index contributed by atoms with van der Waals surface area (Å²) in [5, 5.41) is 3.50. The third kappa shape index (κ3) is 4.01. The fourth-order valence-electron chi connectivity index (χ4n) is 5.65. The number of hydrogen-bond donors (Lipinski definition) is 1. The zero-order chi connectivity index (χ0) is 22.9. The molecule has 3 heterocycles. The second kappa shape index (κ2) is 9.18. The van der Waals surface area contributed by atoms with Gasteiger partial charge in [-0.2, -0.15) is 0 Å². The van der Waals surface area contributed by atoms with E-state index in [1.165, 1.54) is 23.8 Å². The smallest absolute Gasteiger partial charge is 0.414 e. The average Bonchev–Trinajstić information content (AvgIpc) is 3.25. The molecule has 1 fully saturated rings. The quantitative estimate of drug-likeness (QED) is 0.597. The molecule has 174 valence electrons. The van der Waals surface area contributed by atoms with E-state index in [2.05, 4.69) is 66.2 Å². The van der Waals surface area contributed by atoms with Crippen molar-refractivity contribution in [2.75, 3.05) is 25.1 Å². The lowest BCUT2D eigenvalue weighted by molar-refractivity contribution is 0.175. The summed E-state index contributed by atoms with van der Waals surface area (Å²) in [6, 6.07) is 15.5. The number of methoxy groups -OCH3 is 1. The number of carbonyl (C=O) groups is 1. The van der Waals surface area contributed by atoms with Crippen LogP contribution in [0.1, 0.15) is 62.0 Å². The zero-order valence-electron chi connectivity index (χ0n) is 19.9. The maximum atomic E-state index is 12.6. The maximum Gasteiger partial charge on any atom is 0.414 e. The molecule has 2 atom stereocenters. The Morgan fingerprint density at radius 3 is 2.64 bits per heavy atom. The molecule has 1 N–H and O–H groups in total. The molecule has 2 aliphatic rings. The van der Waals surface area contributed by atoms with Crippen molar-refractivity contribution in [1.82, 2.24) is 14.9 Å². The van der Waals surface area contributed by atoms with Crippen molar-refractivity contribution in [1.29, 1.82) is 0 Å². The number of hydrogen-bond acceptors (Lipinski definition) is 4. The maximum absolute atomic E-state index is 12.6. The molecular weight excluding hydrogens is 412 g/mol. The molecule has 6 heteroatoms. The number of rotatable bonds is 4. The van der Waals surface area contributed by atoms with Crippen LogP contribution in [-0.2, 0) is 17.6 Å². The minimum absolute atomic E-state index is 0.116. The molecule has 33 heavy (non-hydrogen) atoms. The third-order valence-electron chi connectivity index (χ3n) is 7.35. The van der Waals surface area contributed by atoms with Crippen LogP contribution in [-0.4, -0.2) is 41.9 Å². The third-order valence-corrected chi connectivity index (χ3v) is 7.35. The number of carbonyl (C=O) groups excluding carboxylic acids is 1. The van der Waals surface area contributed by atoms with E-state index in [1.54, 1.807) is 4.90 Å². The number of aryl methyl sites for hydroxylation is 1. The fraction of sp³-hybridized carbons (Fsp3) is 0.481. The molecule has 2 aromatic carbocycles. The number of amides is 1. The summed E-state index contributed by atoms with van der Waals surface area (Å²) in [6.07, 6.45) is 4.73. The lowest BCUT2D eigenvalue weighted by atomic mass is 9.95. The van der Waals surface area contributed by atoms with Gasteiger partial charge in [-0.05, 0) is 69.8 Å². The zero-order valence-corrected chi connectivity index (χ0v) is 19.9. The minimum atomic E-state index is -0.293. The van der Waals surface area contributed by atoms with Gasteiger partial charge in [0.25, 0.3) is 0 Å². The van der Waals surface area contributed by atoms with Crippen LogP contribution in [0.15, 0.2) is 42.5 Å². The van der Waals surface area contributed by atoms with Gasteiger partial charge in [0, 0.05) is 23.6 Å². The summed E-state index contributed by atoms with van der Waals surface area (Å²) in [4.78, 5) is 19.7. The summed E-state index contributed by atoms with van der Waals surface area (Å²) >= 11 is 0. The Morgan fingerprint density at radius 1 is 1.15 bits per heavy atom. The molecule has 1 aromatic heterocycles.